The average molecular weight is 358 g/mol. The maximum Gasteiger partial charge on any atom is 0.321 e. The van der Waals surface area contributed by atoms with Crippen molar-refractivity contribution in [2.24, 2.45) is 5.92 Å². The Bertz CT molecular complexity index is 764. The van der Waals surface area contributed by atoms with E-state index in [1.54, 1.807) is 49.3 Å². The number of urea groups is 1. The molecule has 3 amide bonds. The summed E-state index contributed by atoms with van der Waals surface area (Å²) in [6.07, 6.45) is 1.22. The molecule has 1 aliphatic rings. The van der Waals surface area contributed by atoms with Gasteiger partial charge in [-0.15, -0.1) is 0 Å². The van der Waals surface area contributed by atoms with Gasteiger partial charge in [0.2, 0.25) is 5.91 Å². The predicted octanol–water partition coefficient (Wildman–Crippen LogP) is 2.87. The molecule has 2 N–H and O–H groups in total. The third-order valence-electron chi connectivity index (χ3n) is 4.37. The Morgan fingerprint density at radius 2 is 1.88 bits per heavy atom. The molecule has 0 atom stereocenters. The molecule has 3 rings (SSSR count). The Morgan fingerprint density at radius 1 is 1.19 bits per heavy atom. The number of aromatic nitrogens is 1. The number of rotatable bonds is 4. The first kappa shape index (κ1) is 17.8. The summed E-state index contributed by atoms with van der Waals surface area (Å²) in [7, 11) is 1.59. The molecule has 0 spiro atoms. The number of nitrogens with one attached hydrogen (secondary N) is 2. The number of amides is 3. The number of ether oxygens (including phenoxy) is 1. The number of likely N-dealkylation sites (tertiary alicyclic amines) is 1. The van der Waals surface area contributed by atoms with E-state index in [1.165, 1.54) is 0 Å². The van der Waals surface area contributed by atoms with Gasteiger partial charge >= 0.3 is 6.03 Å². The Morgan fingerprint density at radius 3 is 2.46 bits per heavy atom. The van der Waals surface area contributed by atoms with E-state index in [0.29, 0.717) is 43.2 Å². The van der Waals surface area contributed by atoms with Gasteiger partial charge in [-0.2, -0.15) is 0 Å². The highest BCUT2D eigenvalue weighted by Gasteiger charge is 2.27. The van der Waals surface area contributed by atoms with Gasteiger partial charge in [0.1, 0.15) is 11.5 Å². The summed E-state index contributed by atoms with van der Waals surface area (Å²) in [5, 5.41) is 9.37. The largest absolute Gasteiger partial charge is 0.497 e. The number of carbonyl (C=O) groups is 2. The van der Waals surface area contributed by atoms with E-state index in [-0.39, 0.29) is 17.9 Å². The number of hydrogen-bond donors (Lipinski definition) is 2. The smallest absolute Gasteiger partial charge is 0.321 e. The molecule has 2 aromatic rings. The second kappa shape index (κ2) is 7.90. The zero-order valence-electron chi connectivity index (χ0n) is 14.8. The summed E-state index contributed by atoms with van der Waals surface area (Å²) < 4.78 is 10.0. The van der Waals surface area contributed by atoms with Crippen LogP contribution in [0.1, 0.15) is 18.6 Å². The lowest BCUT2D eigenvalue weighted by Gasteiger charge is -2.31. The van der Waals surface area contributed by atoms with Crippen molar-refractivity contribution in [3.05, 3.63) is 36.1 Å². The lowest BCUT2D eigenvalue weighted by atomic mass is 9.96. The Balaban J connectivity index is 1.47. The van der Waals surface area contributed by atoms with Gasteiger partial charge in [-0.1, -0.05) is 5.16 Å². The highest BCUT2D eigenvalue weighted by atomic mass is 16.5. The minimum atomic E-state index is -0.166. The first-order valence-electron chi connectivity index (χ1n) is 8.49. The Hall–Kier alpha value is -3.03. The minimum Gasteiger partial charge on any atom is -0.497 e. The fourth-order valence-electron chi connectivity index (χ4n) is 2.88. The summed E-state index contributed by atoms with van der Waals surface area (Å²) in [5.41, 5.74) is 0.706. The first-order chi connectivity index (χ1) is 12.5. The van der Waals surface area contributed by atoms with Crippen molar-refractivity contribution in [3.63, 3.8) is 0 Å². The molecule has 1 aliphatic heterocycles. The average Bonchev–Trinajstić information content (AvgIpc) is 3.07. The van der Waals surface area contributed by atoms with E-state index in [9.17, 15) is 9.59 Å². The summed E-state index contributed by atoms with van der Waals surface area (Å²) in [5.74, 6) is 1.57. The monoisotopic (exact) mass is 358 g/mol. The molecular formula is C18H22N4O4. The van der Waals surface area contributed by atoms with Crippen LogP contribution in [0.3, 0.4) is 0 Å². The molecule has 0 bridgehead atoms. The molecule has 0 saturated carbocycles. The number of anilines is 2. The number of nitrogens with zero attached hydrogens (tertiary/aromatic N) is 2. The number of benzene rings is 1. The zero-order chi connectivity index (χ0) is 18.5. The molecule has 2 heterocycles. The van der Waals surface area contributed by atoms with Gasteiger partial charge < -0.3 is 24.8 Å². The van der Waals surface area contributed by atoms with Gasteiger partial charge in [-0.05, 0) is 44.0 Å². The first-order valence-corrected chi connectivity index (χ1v) is 8.49. The highest BCUT2D eigenvalue weighted by Crippen LogP contribution is 2.21. The number of aryl methyl sites for hydroxylation is 1. The Kier molecular flexibility index (Phi) is 5.40. The molecule has 0 radical (unpaired) electrons. The van der Waals surface area contributed by atoms with E-state index < -0.39 is 0 Å². The third kappa shape index (κ3) is 4.33. The number of methoxy groups -OCH3 is 1. The topological polar surface area (TPSA) is 96.7 Å². The summed E-state index contributed by atoms with van der Waals surface area (Å²) in [6, 6.07) is 8.67. The molecule has 8 heteroatoms. The van der Waals surface area contributed by atoms with Gasteiger partial charge in [0, 0.05) is 30.8 Å². The molecule has 8 nitrogen and oxygen atoms in total. The van der Waals surface area contributed by atoms with Crippen LogP contribution in [0.4, 0.5) is 16.3 Å². The third-order valence-corrected chi connectivity index (χ3v) is 4.37. The quantitative estimate of drug-likeness (QED) is 0.876. The second-order valence-electron chi connectivity index (χ2n) is 6.23. The van der Waals surface area contributed by atoms with Gasteiger partial charge in [0.25, 0.3) is 0 Å². The normalized spacial score (nSPS) is 14.8. The summed E-state index contributed by atoms with van der Waals surface area (Å²) in [4.78, 5) is 26.4. The van der Waals surface area contributed by atoms with Crippen LogP contribution in [0.25, 0.3) is 0 Å². The van der Waals surface area contributed by atoms with Gasteiger partial charge in [-0.25, -0.2) is 4.79 Å². The Labute approximate surface area is 151 Å². The van der Waals surface area contributed by atoms with E-state index in [4.69, 9.17) is 9.26 Å². The molecule has 138 valence electrons. The summed E-state index contributed by atoms with van der Waals surface area (Å²) in [6.45, 7) is 2.82. The van der Waals surface area contributed by atoms with Crippen molar-refractivity contribution in [1.29, 1.82) is 0 Å². The van der Waals surface area contributed by atoms with Crippen molar-refractivity contribution >= 4 is 23.4 Å². The molecule has 0 unspecified atom stereocenters. The molecular weight excluding hydrogens is 336 g/mol. The van der Waals surface area contributed by atoms with Crippen molar-refractivity contribution in [2.75, 3.05) is 30.8 Å². The van der Waals surface area contributed by atoms with E-state index in [0.717, 1.165) is 5.75 Å². The van der Waals surface area contributed by atoms with Crippen molar-refractivity contribution in [2.45, 2.75) is 19.8 Å². The number of piperidine rings is 1. The van der Waals surface area contributed by atoms with Crippen LogP contribution in [0, 0.1) is 12.8 Å². The van der Waals surface area contributed by atoms with Gasteiger partial charge in [-0.3, -0.25) is 4.79 Å². The van der Waals surface area contributed by atoms with Crippen LogP contribution in [0.5, 0.6) is 5.75 Å². The van der Waals surface area contributed by atoms with E-state index >= 15 is 0 Å². The number of hydrogen-bond acceptors (Lipinski definition) is 5. The number of carbonyl (C=O) groups excluding carboxylic acids is 2. The second-order valence-corrected chi connectivity index (χ2v) is 6.23. The molecule has 0 aliphatic carbocycles. The van der Waals surface area contributed by atoms with Crippen LogP contribution >= 0.6 is 0 Å². The minimum absolute atomic E-state index is 0.0893. The van der Waals surface area contributed by atoms with Crippen LogP contribution in [0.15, 0.2) is 34.9 Å². The fourth-order valence-corrected chi connectivity index (χ4v) is 2.88. The molecule has 1 fully saturated rings. The lowest BCUT2D eigenvalue weighted by molar-refractivity contribution is -0.121. The summed E-state index contributed by atoms with van der Waals surface area (Å²) >= 11 is 0. The van der Waals surface area contributed by atoms with E-state index in [2.05, 4.69) is 15.8 Å². The van der Waals surface area contributed by atoms with Crippen LogP contribution in [-0.2, 0) is 4.79 Å². The van der Waals surface area contributed by atoms with Crippen molar-refractivity contribution in [1.82, 2.24) is 10.1 Å². The molecule has 26 heavy (non-hydrogen) atoms. The maximum absolute atomic E-state index is 12.4. The standard InChI is InChI=1S/C18H22N4O4/c1-12-11-16(21-26-12)20-17(23)13-7-9-22(10-8-13)18(24)19-14-3-5-15(25-2)6-4-14/h3-6,11,13H,7-10H2,1-2H3,(H,19,24)(H,20,21,23). The highest BCUT2D eigenvalue weighted by molar-refractivity contribution is 5.92. The van der Waals surface area contributed by atoms with Gasteiger partial charge in [0.15, 0.2) is 5.82 Å². The van der Waals surface area contributed by atoms with Crippen molar-refractivity contribution < 1.29 is 18.8 Å². The molecule has 1 aromatic heterocycles. The van der Waals surface area contributed by atoms with E-state index in [1.807, 2.05) is 0 Å². The zero-order valence-corrected chi connectivity index (χ0v) is 14.8. The molecule has 1 saturated heterocycles. The van der Waals surface area contributed by atoms with Gasteiger partial charge in [0.05, 0.1) is 7.11 Å². The van der Waals surface area contributed by atoms with Crippen LogP contribution < -0.4 is 15.4 Å². The van der Waals surface area contributed by atoms with Crippen molar-refractivity contribution in [3.8, 4) is 5.75 Å². The fraction of sp³-hybridized carbons (Fsp3) is 0.389. The predicted molar refractivity (Wildman–Crippen MR) is 96.2 cm³/mol. The maximum atomic E-state index is 12.4. The molecule has 1 aromatic carbocycles. The van der Waals surface area contributed by atoms with Crippen LogP contribution in [0.2, 0.25) is 0 Å². The lowest BCUT2D eigenvalue weighted by Crippen LogP contribution is -2.43. The SMILES string of the molecule is COc1ccc(NC(=O)N2CCC(C(=O)Nc3cc(C)on3)CC2)cc1. The van der Waals surface area contributed by atoms with Crippen LogP contribution in [-0.4, -0.2) is 42.2 Å².